The summed E-state index contributed by atoms with van der Waals surface area (Å²) in [6.07, 6.45) is -5.11. The fraction of sp³-hybridized carbons (Fsp3) is 0.875. The van der Waals surface area contributed by atoms with Crippen molar-refractivity contribution in [2.45, 2.75) is 36.7 Å². The van der Waals surface area contributed by atoms with Crippen LogP contribution in [0.5, 0.6) is 0 Å². The van der Waals surface area contributed by atoms with Crippen LogP contribution < -0.4 is 5.73 Å². The van der Waals surface area contributed by atoms with E-state index in [9.17, 15) is 25.2 Å². The lowest BCUT2D eigenvalue weighted by atomic mass is 9.79. The molecule has 1 aliphatic rings. The van der Waals surface area contributed by atoms with Gasteiger partial charge >= 0.3 is 5.97 Å². The molecule has 0 amide bonds. The Bertz CT molecular complexity index is 294. The van der Waals surface area contributed by atoms with E-state index in [-0.39, 0.29) is 0 Å². The summed E-state index contributed by atoms with van der Waals surface area (Å²) in [6, 6.07) is 0. The van der Waals surface area contributed by atoms with E-state index in [0.717, 1.165) is 6.92 Å². The van der Waals surface area contributed by atoms with Crippen LogP contribution in [-0.2, 0) is 9.53 Å². The van der Waals surface area contributed by atoms with Crippen LogP contribution in [0.4, 0.5) is 0 Å². The predicted molar refractivity (Wildman–Crippen MR) is 48.7 cm³/mol. The first kappa shape index (κ1) is 13.5. The van der Waals surface area contributed by atoms with Crippen LogP contribution in [0.15, 0.2) is 0 Å². The monoisotopic (exact) mass is 237 g/mol. The molecule has 8 heteroatoms. The maximum absolute atomic E-state index is 11.2. The second-order valence-corrected chi connectivity index (χ2v) is 3.81. The molecular formula is C8H15NO7. The molecule has 1 aliphatic heterocycles. The van der Waals surface area contributed by atoms with Crippen LogP contribution in [0.3, 0.4) is 0 Å². The highest BCUT2D eigenvalue weighted by Crippen LogP contribution is 2.33. The molecule has 0 aromatic heterocycles. The molecule has 1 fully saturated rings. The molecular weight excluding hydrogens is 222 g/mol. The molecule has 0 radical (unpaired) electrons. The topological polar surface area (TPSA) is 153 Å². The molecule has 0 saturated carbocycles. The Morgan fingerprint density at radius 1 is 1.44 bits per heavy atom. The molecule has 0 aromatic carbocycles. The number of ether oxygens (including phenoxy) is 1. The smallest absolute Gasteiger partial charge is 0.307 e. The van der Waals surface area contributed by atoms with E-state index in [1.807, 2.05) is 0 Å². The predicted octanol–water partition coefficient (Wildman–Crippen LogP) is -3.98. The highest BCUT2D eigenvalue weighted by molar-refractivity contribution is 5.88. The number of rotatable bonds is 2. The second kappa shape index (κ2) is 4.00. The third-order valence-electron chi connectivity index (χ3n) is 2.79. The first-order valence-electron chi connectivity index (χ1n) is 4.58. The number of carbonyl (C=O) groups excluding carboxylic acids is 1. The van der Waals surface area contributed by atoms with Crippen molar-refractivity contribution < 1.29 is 35.1 Å². The molecule has 1 heterocycles. The summed E-state index contributed by atoms with van der Waals surface area (Å²) in [7, 11) is 0. The van der Waals surface area contributed by atoms with E-state index in [1.165, 1.54) is 0 Å². The van der Waals surface area contributed by atoms with Gasteiger partial charge in [-0.25, -0.2) is 0 Å². The summed E-state index contributed by atoms with van der Waals surface area (Å²) in [5.41, 5.74) is 2.79. The van der Waals surface area contributed by atoms with Crippen molar-refractivity contribution in [3.63, 3.8) is 0 Å². The number of aliphatic hydroxyl groups is 5. The van der Waals surface area contributed by atoms with Crippen molar-refractivity contribution in [1.82, 2.24) is 0 Å². The minimum absolute atomic E-state index is 0.769. The van der Waals surface area contributed by atoms with Crippen LogP contribution in [-0.4, -0.2) is 67.7 Å². The van der Waals surface area contributed by atoms with Gasteiger partial charge in [0.1, 0.15) is 18.3 Å². The Hall–Kier alpha value is -0.610. The van der Waals surface area contributed by atoms with Crippen molar-refractivity contribution in [3.8, 4) is 0 Å². The molecule has 0 unspecified atom stereocenters. The SMILES string of the molecule is CC(=O)[C@]1(N)[C@@H](O)[C@@H](O)[C@@H](CO)OC1(O)O. The Balaban J connectivity index is 3.15. The van der Waals surface area contributed by atoms with E-state index >= 15 is 0 Å². The molecule has 4 atom stereocenters. The third-order valence-corrected chi connectivity index (χ3v) is 2.79. The zero-order chi connectivity index (χ0) is 12.7. The number of carbonyl (C=O) groups is 1. The van der Waals surface area contributed by atoms with Gasteiger partial charge in [0.2, 0.25) is 0 Å². The van der Waals surface area contributed by atoms with Gasteiger partial charge in [-0.3, -0.25) is 4.79 Å². The molecule has 0 spiro atoms. The van der Waals surface area contributed by atoms with Gasteiger partial charge in [0, 0.05) is 0 Å². The van der Waals surface area contributed by atoms with Crippen LogP contribution in [0.2, 0.25) is 0 Å². The molecule has 7 N–H and O–H groups in total. The van der Waals surface area contributed by atoms with Crippen LogP contribution >= 0.6 is 0 Å². The van der Waals surface area contributed by atoms with E-state index < -0.39 is 42.2 Å². The fourth-order valence-electron chi connectivity index (χ4n) is 1.63. The first-order valence-corrected chi connectivity index (χ1v) is 4.58. The molecule has 0 aromatic rings. The van der Waals surface area contributed by atoms with E-state index in [2.05, 4.69) is 4.74 Å². The summed E-state index contributed by atoms with van der Waals surface area (Å²) in [4.78, 5) is 11.2. The van der Waals surface area contributed by atoms with Crippen molar-refractivity contribution in [2.24, 2.45) is 5.73 Å². The Labute approximate surface area is 90.9 Å². The standard InChI is InChI=1S/C8H15NO7/c1-3(11)7(9)6(13)5(12)4(2-10)16-8(7,14)15/h4-6,10,12-15H,2,9H2,1H3/t4-,5+,6+,7+/m1/s1. The summed E-state index contributed by atoms with van der Waals surface area (Å²) < 4.78 is 4.49. The zero-order valence-corrected chi connectivity index (χ0v) is 8.57. The second-order valence-electron chi connectivity index (χ2n) is 3.81. The largest absolute Gasteiger partial charge is 0.394 e. The summed E-state index contributed by atoms with van der Waals surface area (Å²) in [5, 5.41) is 46.8. The number of ketones is 1. The lowest BCUT2D eigenvalue weighted by Gasteiger charge is -2.49. The number of hydrogen-bond acceptors (Lipinski definition) is 8. The van der Waals surface area contributed by atoms with Gasteiger partial charge in [0.25, 0.3) is 0 Å². The van der Waals surface area contributed by atoms with Gasteiger partial charge in [-0.05, 0) is 6.92 Å². The molecule has 94 valence electrons. The Morgan fingerprint density at radius 2 is 1.94 bits per heavy atom. The van der Waals surface area contributed by atoms with Gasteiger partial charge in [0.15, 0.2) is 11.3 Å². The maximum Gasteiger partial charge on any atom is 0.307 e. The van der Waals surface area contributed by atoms with Crippen molar-refractivity contribution in [3.05, 3.63) is 0 Å². The number of aliphatic hydroxyl groups excluding tert-OH is 3. The number of nitrogens with two attached hydrogens (primary N) is 1. The van der Waals surface area contributed by atoms with Gasteiger partial charge < -0.3 is 36.0 Å². The van der Waals surface area contributed by atoms with Gasteiger partial charge in [0.05, 0.1) is 6.61 Å². The highest BCUT2D eigenvalue weighted by atomic mass is 16.8. The van der Waals surface area contributed by atoms with Crippen molar-refractivity contribution in [1.29, 1.82) is 0 Å². The van der Waals surface area contributed by atoms with Crippen molar-refractivity contribution >= 4 is 5.78 Å². The normalized spacial score (nSPS) is 43.1. The number of hydrogen-bond donors (Lipinski definition) is 6. The van der Waals surface area contributed by atoms with Crippen LogP contribution in [0, 0.1) is 0 Å². The number of Topliss-reactive ketones (excluding diaryl/α,β-unsaturated/α-hetero) is 1. The summed E-state index contributed by atoms with van der Waals surface area (Å²) >= 11 is 0. The summed E-state index contributed by atoms with van der Waals surface area (Å²) in [5.74, 6) is -4.13. The van der Waals surface area contributed by atoms with Gasteiger partial charge in [-0.2, -0.15) is 0 Å². The van der Waals surface area contributed by atoms with Gasteiger partial charge in [-0.1, -0.05) is 0 Å². The molecule has 1 rings (SSSR count). The Kier molecular flexibility index (Phi) is 3.37. The van der Waals surface area contributed by atoms with E-state index in [4.69, 9.17) is 10.8 Å². The maximum atomic E-state index is 11.2. The van der Waals surface area contributed by atoms with E-state index in [1.54, 1.807) is 0 Å². The third kappa shape index (κ3) is 1.64. The van der Waals surface area contributed by atoms with Crippen LogP contribution in [0.25, 0.3) is 0 Å². The minimum Gasteiger partial charge on any atom is -0.394 e. The average Bonchev–Trinajstić information content (AvgIpc) is 2.20. The quantitative estimate of drug-likeness (QED) is 0.266. The lowest BCUT2D eigenvalue weighted by Crippen LogP contribution is -2.79. The van der Waals surface area contributed by atoms with Gasteiger partial charge in [-0.15, -0.1) is 0 Å². The molecule has 0 aliphatic carbocycles. The molecule has 16 heavy (non-hydrogen) atoms. The average molecular weight is 237 g/mol. The molecule has 0 bridgehead atoms. The fourth-order valence-corrected chi connectivity index (χ4v) is 1.63. The summed E-state index contributed by atoms with van der Waals surface area (Å²) in [6.45, 7) is 0.148. The lowest BCUT2D eigenvalue weighted by molar-refractivity contribution is -0.422. The molecule has 8 nitrogen and oxygen atoms in total. The van der Waals surface area contributed by atoms with Crippen molar-refractivity contribution in [2.75, 3.05) is 6.61 Å². The van der Waals surface area contributed by atoms with Crippen LogP contribution in [0.1, 0.15) is 6.92 Å². The first-order chi connectivity index (χ1) is 7.18. The zero-order valence-electron chi connectivity index (χ0n) is 8.57. The minimum atomic E-state index is -3.16. The molecule has 1 saturated heterocycles. The highest BCUT2D eigenvalue weighted by Gasteiger charge is 2.64. The Morgan fingerprint density at radius 3 is 2.31 bits per heavy atom. The van der Waals surface area contributed by atoms with E-state index in [0.29, 0.717) is 0 Å².